The number of H-pyrrole nitrogens is 1. The van der Waals surface area contributed by atoms with E-state index in [1.165, 1.54) is 36.5 Å². The number of nitrogens with zero attached hydrogens (tertiary/aromatic N) is 4. The van der Waals surface area contributed by atoms with Crippen LogP contribution in [0.15, 0.2) is 24.5 Å². The molecule has 1 aromatic heterocycles. The van der Waals surface area contributed by atoms with Gasteiger partial charge in [0.2, 0.25) is 0 Å². The minimum absolute atomic E-state index is 0.0358. The van der Waals surface area contributed by atoms with Gasteiger partial charge in [-0.05, 0) is 6.07 Å². The molecule has 8 nitrogen and oxygen atoms in total. The largest absolute Gasteiger partial charge is 0.334 e. The molecular formula is C11H10ClN5O3. The summed E-state index contributed by atoms with van der Waals surface area (Å²) in [6.45, 7) is 0.140. The Labute approximate surface area is 118 Å². The van der Waals surface area contributed by atoms with E-state index in [0.717, 1.165) is 0 Å². The maximum absolute atomic E-state index is 12.3. The molecule has 0 aliphatic heterocycles. The predicted molar refractivity (Wildman–Crippen MR) is 70.3 cm³/mol. The predicted octanol–water partition coefficient (Wildman–Crippen LogP) is 1.64. The Balaban J connectivity index is 2.31. The van der Waals surface area contributed by atoms with Crippen LogP contribution < -0.4 is 0 Å². The minimum atomic E-state index is -0.637. The SMILES string of the molecule is CN(Cc1ncn[nH]1)C(=O)c1c(Cl)cccc1[N+](=O)[O-]. The number of amides is 1. The van der Waals surface area contributed by atoms with Crippen molar-refractivity contribution in [3.05, 3.63) is 51.1 Å². The van der Waals surface area contributed by atoms with Crippen LogP contribution in [0.25, 0.3) is 0 Å². The molecule has 1 aromatic carbocycles. The number of halogens is 1. The molecule has 0 fully saturated rings. The Morgan fingerprint density at radius 2 is 2.30 bits per heavy atom. The molecule has 0 spiro atoms. The fraction of sp³-hybridized carbons (Fsp3) is 0.182. The zero-order valence-electron chi connectivity index (χ0n) is 10.4. The van der Waals surface area contributed by atoms with Crippen LogP contribution in [0.3, 0.4) is 0 Å². The molecule has 9 heteroatoms. The third-order valence-electron chi connectivity index (χ3n) is 2.60. The smallest absolute Gasteiger partial charge is 0.283 e. The Kier molecular flexibility index (Phi) is 3.94. The third-order valence-corrected chi connectivity index (χ3v) is 2.92. The molecule has 2 rings (SSSR count). The summed E-state index contributed by atoms with van der Waals surface area (Å²) in [6, 6.07) is 4.10. The van der Waals surface area contributed by atoms with Crippen molar-refractivity contribution in [3.8, 4) is 0 Å². The van der Waals surface area contributed by atoms with E-state index < -0.39 is 10.8 Å². The van der Waals surface area contributed by atoms with E-state index in [9.17, 15) is 14.9 Å². The van der Waals surface area contributed by atoms with Crippen molar-refractivity contribution < 1.29 is 9.72 Å². The van der Waals surface area contributed by atoms with E-state index >= 15 is 0 Å². The number of nitrogens with one attached hydrogen (secondary N) is 1. The van der Waals surface area contributed by atoms with E-state index in [0.29, 0.717) is 5.82 Å². The second-order valence-corrected chi connectivity index (χ2v) is 4.39. The van der Waals surface area contributed by atoms with Crippen LogP contribution >= 0.6 is 11.6 Å². The fourth-order valence-corrected chi connectivity index (χ4v) is 1.92. The summed E-state index contributed by atoms with van der Waals surface area (Å²) in [5, 5.41) is 17.3. The van der Waals surface area contributed by atoms with Gasteiger partial charge in [-0.3, -0.25) is 20.0 Å². The van der Waals surface area contributed by atoms with Crippen molar-refractivity contribution in [2.75, 3.05) is 7.05 Å². The molecule has 0 aliphatic carbocycles. The highest BCUT2D eigenvalue weighted by molar-refractivity contribution is 6.34. The van der Waals surface area contributed by atoms with Gasteiger partial charge in [-0.2, -0.15) is 5.10 Å². The van der Waals surface area contributed by atoms with Gasteiger partial charge >= 0.3 is 0 Å². The number of nitro groups is 1. The topological polar surface area (TPSA) is 105 Å². The lowest BCUT2D eigenvalue weighted by atomic mass is 10.1. The molecule has 0 bridgehead atoms. The number of rotatable bonds is 4. The lowest BCUT2D eigenvalue weighted by Gasteiger charge is -2.16. The van der Waals surface area contributed by atoms with E-state index in [1.54, 1.807) is 0 Å². The fourth-order valence-electron chi connectivity index (χ4n) is 1.67. The molecule has 1 N–H and O–H groups in total. The Morgan fingerprint density at radius 1 is 1.55 bits per heavy atom. The van der Waals surface area contributed by atoms with Gasteiger partial charge in [0.05, 0.1) is 16.5 Å². The van der Waals surface area contributed by atoms with Crippen LogP contribution in [-0.4, -0.2) is 38.0 Å². The van der Waals surface area contributed by atoms with Crippen molar-refractivity contribution >= 4 is 23.2 Å². The monoisotopic (exact) mass is 295 g/mol. The standard InChI is InChI=1S/C11H10ClN5O3/c1-16(5-9-13-6-14-15-9)11(18)10-7(12)3-2-4-8(10)17(19)20/h2-4,6H,5H2,1H3,(H,13,14,15). The van der Waals surface area contributed by atoms with Crippen molar-refractivity contribution in [2.45, 2.75) is 6.54 Å². The quantitative estimate of drug-likeness (QED) is 0.682. The maximum atomic E-state index is 12.3. The highest BCUT2D eigenvalue weighted by Gasteiger charge is 2.26. The Morgan fingerprint density at radius 3 is 2.90 bits per heavy atom. The van der Waals surface area contributed by atoms with Crippen molar-refractivity contribution in [1.82, 2.24) is 20.1 Å². The summed E-state index contributed by atoms with van der Waals surface area (Å²) in [5.74, 6) is -0.0887. The Bertz CT molecular complexity index is 644. The molecule has 0 atom stereocenters. The highest BCUT2D eigenvalue weighted by Crippen LogP contribution is 2.27. The van der Waals surface area contributed by atoms with Gasteiger partial charge in [0, 0.05) is 13.1 Å². The van der Waals surface area contributed by atoms with Gasteiger partial charge in [0.15, 0.2) is 0 Å². The second-order valence-electron chi connectivity index (χ2n) is 3.98. The van der Waals surface area contributed by atoms with E-state index in [4.69, 9.17) is 11.6 Å². The number of hydrogen-bond donors (Lipinski definition) is 1. The first-order valence-electron chi connectivity index (χ1n) is 5.53. The number of carbonyl (C=O) groups excluding carboxylic acids is 1. The van der Waals surface area contributed by atoms with Crippen LogP contribution in [0.1, 0.15) is 16.2 Å². The first kappa shape index (κ1) is 13.9. The normalized spacial score (nSPS) is 10.3. The van der Waals surface area contributed by atoms with Crippen LogP contribution in [-0.2, 0) is 6.54 Å². The third kappa shape index (κ3) is 2.75. The first-order chi connectivity index (χ1) is 9.50. The molecule has 0 saturated carbocycles. The average Bonchev–Trinajstić information content (AvgIpc) is 2.90. The van der Waals surface area contributed by atoms with Gasteiger partial charge in [0.1, 0.15) is 17.7 Å². The summed E-state index contributed by atoms with van der Waals surface area (Å²) < 4.78 is 0. The van der Waals surface area contributed by atoms with Crippen molar-refractivity contribution in [1.29, 1.82) is 0 Å². The van der Waals surface area contributed by atoms with Crippen LogP contribution in [0.5, 0.6) is 0 Å². The minimum Gasteiger partial charge on any atom is -0.334 e. The van der Waals surface area contributed by atoms with Gasteiger partial charge < -0.3 is 4.90 Å². The molecule has 0 radical (unpaired) electrons. The molecule has 1 heterocycles. The van der Waals surface area contributed by atoms with Gasteiger partial charge in [-0.1, -0.05) is 17.7 Å². The number of aromatic amines is 1. The summed E-state index contributed by atoms with van der Waals surface area (Å²) in [4.78, 5) is 27.8. The Hall–Kier alpha value is -2.48. The average molecular weight is 296 g/mol. The number of carbonyl (C=O) groups is 1. The van der Waals surface area contributed by atoms with Crippen LogP contribution in [0.2, 0.25) is 5.02 Å². The molecule has 0 unspecified atom stereocenters. The first-order valence-corrected chi connectivity index (χ1v) is 5.91. The molecule has 0 saturated heterocycles. The molecule has 104 valence electrons. The number of nitro benzene ring substituents is 1. The van der Waals surface area contributed by atoms with Crippen LogP contribution in [0.4, 0.5) is 5.69 Å². The number of hydrogen-bond acceptors (Lipinski definition) is 5. The summed E-state index contributed by atoms with van der Waals surface area (Å²) >= 11 is 5.91. The maximum Gasteiger partial charge on any atom is 0.283 e. The zero-order chi connectivity index (χ0) is 14.7. The van der Waals surface area contributed by atoms with Crippen LogP contribution in [0, 0.1) is 10.1 Å². The van der Waals surface area contributed by atoms with Crippen molar-refractivity contribution in [2.24, 2.45) is 0 Å². The van der Waals surface area contributed by atoms with Gasteiger partial charge in [-0.15, -0.1) is 0 Å². The van der Waals surface area contributed by atoms with Gasteiger partial charge in [-0.25, -0.2) is 4.98 Å². The molecule has 0 aliphatic rings. The number of aromatic nitrogens is 3. The summed E-state index contributed by atoms with van der Waals surface area (Å²) in [6.07, 6.45) is 1.31. The van der Waals surface area contributed by atoms with Crippen molar-refractivity contribution in [3.63, 3.8) is 0 Å². The van der Waals surface area contributed by atoms with Gasteiger partial charge in [0.25, 0.3) is 11.6 Å². The zero-order valence-corrected chi connectivity index (χ0v) is 11.2. The lowest BCUT2D eigenvalue weighted by Crippen LogP contribution is -2.27. The second kappa shape index (κ2) is 5.66. The molecule has 2 aromatic rings. The molecule has 20 heavy (non-hydrogen) atoms. The van der Waals surface area contributed by atoms with E-state index in [-0.39, 0.29) is 22.8 Å². The highest BCUT2D eigenvalue weighted by atomic mass is 35.5. The number of benzene rings is 1. The molecular weight excluding hydrogens is 286 g/mol. The summed E-state index contributed by atoms with van der Waals surface area (Å²) in [5.41, 5.74) is -0.465. The van der Waals surface area contributed by atoms with E-state index in [2.05, 4.69) is 15.2 Å². The molecule has 1 amide bonds. The van der Waals surface area contributed by atoms with E-state index in [1.807, 2.05) is 0 Å². The lowest BCUT2D eigenvalue weighted by molar-refractivity contribution is -0.385. The summed E-state index contributed by atoms with van der Waals surface area (Å²) in [7, 11) is 1.50.